The highest BCUT2D eigenvalue weighted by Crippen LogP contribution is 2.29. The molecule has 3 heteroatoms. The van der Waals surface area contributed by atoms with Gasteiger partial charge in [-0.2, -0.15) is 0 Å². The van der Waals surface area contributed by atoms with Crippen molar-refractivity contribution in [2.45, 2.75) is 39.2 Å². The first kappa shape index (κ1) is 13.7. The Morgan fingerprint density at radius 3 is 2.35 bits per heavy atom. The molecule has 0 heterocycles. The summed E-state index contributed by atoms with van der Waals surface area (Å²) in [4.78, 5) is 11.8. The molecule has 1 unspecified atom stereocenters. The number of amides is 1. The third-order valence-electron chi connectivity index (χ3n) is 2.82. The molecule has 17 heavy (non-hydrogen) atoms. The van der Waals surface area contributed by atoms with Crippen molar-refractivity contribution < 1.29 is 4.79 Å². The Bertz CT molecular complexity index is 393. The average Bonchev–Trinajstić information content (AvgIpc) is 2.27. The maximum atomic E-state index is 11.8. The van der Waals surface area contributed by atoms with E-state index in [1.54, 1.807) is 7.05 Å². The molecular formula is C14H22N2O. The van der Waals surface area contributed by atoms with Crippen molar-refractivity contribution in [2.75, 3.05) is 12.4 Å². The van der Waals surface area contributed by atoms with Gasteiger partial charge in [0.1, 0.15) is 0 Å². The fourth-order valence-corrected chi connectivity index (χ4v) is 1.62. The van der Waals surface area contributed by atoms with Gasteiger partial charge in [0.15, 0.2) is 0 Å². The van der Waals surface area contributed by atoms with E-state index < -0.39 is 0 Å². The van der Waals surface area contributed by atoms with E-state index in [0.29, 0.717) is 0 Å². The highest BCUT2D eigenvalue weighted by molar-refractivity contribution is 5.95. The van der Waals surface area contributed by atoms with Crippen LogP contribution in [0.25, 0.3) is 0 Å². The van der Waals surface area contributed by atoms with Gasteiger partial charge in [-0.15, -0.1) is 0 Å². The van der Waals surface area contributed by atoms with Crippen molar-refractivity contribution in [1.29, 1.82) is 0 Å². The summed E-state index contributed by atoms with van der Waals surface area (Å²) in [5.41, 5.74) is 2.07. The molecule has 0 spiro atoms. The Morgan fingerprint density at radius 2 is 1.82 bits per heavy atom. The molecule has 0 fully saturated rings. The number of benzene rings is 1. The first-order valence-electron chi connectivity index (χ1n) is 5.94. The van der Waals surface area contributed by atoms with Gasteiger partial charge >= 0.3 is 0 Å². The van der Waals surface area contributed by atoms with Crippen molar-refractivity contribution >= 4 is 11.6 Å². The molecule has 1 aromatic rings. The molecule has 0 aliphatic carbocycles. The topological polar surface area (TPSA) is 41.1 Å². The molecule has 3 nitrogen and oxygen atoms in total. The third kappa shape index (κ3) is 3.56. The van der Waals surface area contributed by atoms with E-state index in [0.717, 1.165) is 11.3 Å². The van der Waals surface area contributed by atoms with Crippen LogP contribution in [-0.4, -0.2) is 19.0 Å². The van der Waals surface area contributed by atoms with Gasteiger partial charge in [-0.3, -0.25) is 4.79 Å². The van der Waals surface area contributed by atoms with Gasteiger partial charge in [0.25, 0.3) is 0 Å². The third-order valence-corrected chi connectivity index (χ3v) is 2.82. The van der Waals surface area contributed by atoms with Gasteiger partial charge in [-0.1, -0.05) is 39.0 Å². The second-order valence-electron chi connectivity index (χ2n) is 5.30. The fourth-order valence-electron chi connectivity index (χ4n) is 1.62. The van der Waals surface area contributed by atoms with Crippen LogP contribution >= 0.6 is 0 Å². The summed E-state index contributed by atoms with van der Waals surface area (Å²) in [6.45, 7) is 8.26. The van der Waals surface area contributed by atoms with Gasteiger partial charge in [0, 0.05) is 5.69 Å². The lowest BCUT2D eigenvalue weighted by molar-refractivity contribution is -0.117. The number of nitrogens with one attached hydrogen (secondary N) is 2. The Hall–Kier alpha value is -1.35. The van der Waals surface area contributed by atoms with Gasteiger partial charge in [-0.05, 0) is 31.0 Å². The first-order valence-corrected chi connectivity index (χ1v) is 5.94. The highest BCUT2D eigenvalue weighted by atomic mass is 16.2. The maximum absolute atomic E-state index is 11.8. The molecule has 0 aliphatic rings. The second-order valence-corrected chi connectivity index (χ2v) is 5.30. The first-order chi connectivity index (χ1) is 7.86. The molecule has 1 rings (SSSR count). The summed E-state index contributed by atoms with van der Waals surface area (Å²) in [6, 6.07) is 7.75. The molecule has 94 valence electrons. The van der Waals surface area contributed by atoms with Crippen LogP contribution in [0.5, 0.6) is 0 Å². The minimum Gasteiger partial charge on any atom is -0.324 e. The number of rotatable bonds is 3. The summed E-state index contributed by atoms with van der Waals surface area (Å²) in [5.74, 6) is -0.0100. The smallest absolute Gasteiger partial charge is 0.241 e. The van der Waals surface area contributed by atoms with Crippen molar-refractivity contribution in [2.24, 2.45) is 0 Å². The monoisotopic (exact) mass is 234 g/mol. The van der Waals surface area contributed by atoms with Gasteiger partial charge in [0.2, 0.25) is 5.91 Å². The number of likely N-dealkylation sites (N-methyl/N-ethyl adjacent to an activating group) is 1. The number of hydrogen-bond acceptors (Lipinski definition) is 2. The molecule has 0 saturated carbocycles. The van der Waals surface area contributed by atoms with Gasteiger partial charge < -0.3 is 10.6 Å². The minimum absolute atomic E-state index is 0.0100. The molecular weight excluding hydrogens is 212 g/mol. The summed E-state index contributed by atoms with van der Waals surface area (Å²) in [5, 5.41) is 5.90. The average molecular weight is 234 g/mol. The zero-order valence-electron chi connectivity index (χ0n) is 11.3. The highest BCUT2D eigenvalue weighted by Gasteiger charge is 2.19. The molecule has 0 bridgehead atoms. The minimum atomic E-state index is -0.192. The van der Waals surface area contributed by atoms with E-state index in [1.807, 2.05) is 25.1 Å². The van der Waals surface area contributed by atoms with Crippen LogP contribution in [0, 0.1) is 0 Å². The van der Waals surface area contributed by atoms with Crippen LogP contribution in [0.15, 0.2) is 24.3 Å². The van der Waals surface area contributed by atoms with Crippen LogP contribution in [0.2, 0.25) is 0 Å². The van der Waals surface area contributed by atoms with E-state index in [2.05, 4.69) is 37.5 Å². The summed E-state index contributed by atoms with van der Waals surface area (Å²) < 4.78 is 0. The molecule has 1 amide bonds. The molecule has 0 aromatic heterocycles. The fraction of sp³-hybridized carbons (Fsp3) is 0.500. The van der Waals surface area contributed by atoms with Gasteiger partial charge in [-0.25, -0.2) is 0 Å². The van der Waals surface area contributed by atoms with Crippen LogP contribution in [0.4, 0.5) is 5.69 Å². The number of carbonyl (C=O) groups excluding carboxylic acids is 1. The lowest BCUT2D eigenvalue weighted by atomic mass is 9.86. The standard InChI is InChI=1S/C14H22N2O/c1-10(15-5)13(17)16-12-9-7-6-8-11(12)14(2,3)4/h6-10,15H,1-5H3,(H,16,17). The maximum Gasteiger partial charge on any atom is 0.241 e. The van der Waals surface area contributed by atoms with Gasteiger partial charge in [0.05, 0.1) is 6.04 Å². The number of para-hydroxylation sites is 1. The summed E-state index contributed by atoms with van der Waals surface area (Å²) in [6.07, 6.45) is 0. The van der Waals surface area contributed by atoms with Crippen molar-refractivity contribution in [3.8, 4) is 0 Å². The van der Waals surface area contributed by atoms with E-state index in [9.17, 15) is 4.79 Å². The quantitative estimate of drug-likeness (QED) is 0.844. The Labute approximate surface area is 104 Å². The molecule has 0 aliphatic heterocycles. The number of carbonyl (C=O) groups is 1. The predicted octanol–water partition coefficient (Wildman–Crippen LogP) is 2.53. The van der Waals surface area contributed by atoms with Crippen LogP contribution < -0.4 is 10.6 Å². The number of anilines is 1. The molecule has 2 N–H and O–H groups in total. The van der Waals surface area contributed by atoms with Crippen LogP contribution in [0.3, 0.4) is 0 Å². The van der Waals surface area contributed by atoms with E-state index in [1.165, 1.54) is 0 Å². The number of hydrogen-bond donors (Lipinski definition) is 2. The molecule has 0 radical (unpaired) electrons. The second kappa shape index (κ2) is 5.32. The molecule has 1 aromatic carbocycles. The summed E-state index contributed by atoms with van der Waals surface area (Å²) in [7, 11) is 1.78. The van der Waals surface area contributed by atoms with Crippen molar-refractivity contribution in [3.05, 3.63) is 29.8 Å². The zero-order valence-corrected chi connectivity index (χ0v) is 11.3. The Balaban J connectivity index is 2.96. The predicted molar refractivity (Wildman–Crippen MR) is 72.3 cm³/mol. The van der Waals surface area contributed by atoms with Crippen LogP contribution in [-0.2, 0) is 10.2 Å². The normalized spacial score (nSPS) is 13.2. The van der Waals surface area contributed by atoms with E-state index in [-0.39, 0.29) is 17.4 Å². The molecule has 0 saturated heterocycles. The van der Waals surface area contributed by atoms with E-state index >= 15 is 0 Å². The van der Waals surface area contributed by atoms with Crippen molar-refractivity contribution in [3.63, 3.8) is 0 Å². The largest absolute Gasteiger partial charge is 0.324 e. The SMILES string of the molecule is CNC(C)C(=O)Nc1ccccc1C(C)(C)C. The zero-order chi connectivity index (χ0) is 13.1. The molecule has 1 atom stereocenters. The lowest BCUT2D eigenvalue weighted by Crippen LogP contribution is -2.36. The summed E-state index contributed by atoms with van der Waals surface area (Å²) >= 11 is 0. The Kier molecular flexibility index (Phi) is 4.29. The van der Waals surface area contributed by atoms with Crippen LogP contribution in [0.1, 0.15) is 33.3 Å². The Morgan fingerprint density at radius 1 is 1.24 bits per heavy atom. The van der Waals surface area contributed by atoms with Crippen molar-refractivity contribution in [1.82, 2.24) is 5.32 Å². The van der Waals surface area contributed by atoms with E-state index in [4.69, 9.17) is 0 Å². The lowest BCUT2D eigenvalue weighted by Gasteiger charge is -2.23.